The van der Waals surface area contributed by atoms with Crippen molar-refractivity contribution in [3.63, 3.8) is 0 Å². The van der Waals surface area contributed by atoms with Crippen LogP contribution in [0.3, 0.4) is 0 Å². The summed E-state index contributed by atoms with van der Waals surface area (Å²) in [4.78, 5) is 22.7. The van der Waals surface area contributed by atoms with Gasteiger partial charge in [-0.05, 0) is 26.7 Å². The highest BCUT2D eigenvalue weighted by molar-refractivity contribution is 5.90. The second-order valence-electron chi connectivity index (χ2n) is 3.34. The van der Waals surface area contributed by atoms with Gasteiger partial charge in [0.05, 0.1) is 19.1 Å². The first kappa shape index (κ1) is 11.8. The highest BCUT2D eigenvalue weighted by atomic mass is 16.5. The van der Waals surface area contributed by atoms with Gasteiger partial charge in [0, 0.05) is 5.57 Å². The van der Waals surface area contributed by atoms with Gasteiger partial charge < -0.3 is 9.47 Å². The Bertz CT molecular complexity index is 280. The third kappa shape index (κ3) is 3.08. The van der Waals surface area contributed by atoms with E-state index in [4.69, 9.17) is 9.47 Å². The van der Waals surface area contributed by atoms with Crippen LogP contribution in [0.15, 0.2) is 11.6 Å². The highest BCUT2D eigenvalue weighted by Gasteiger charge is 2.28. The zero-order chi connectivity index (χ0) is 11.3. The molecule has 0 bridgehead atoms. The Balaban J connectivity index is 2.43. The molecule has 0 radical (unpaired) electrons. The summed E-state index contributed by atoms with van der Waals surface area (Å²) < 4.78 is 9.74. The van der Waals surface area contributed by atoms with Crippen LogP contribution in [0.2, 0.25) is 0 Å². The fourth-order valence-electron chi connectivity index (χ4n) is 1.55. The maximum Gasteiger partial charge on any atom is 0.333 e. The quantitative estimate of drug-likeness (QED) is 0.662. The molecule has 1 atom stereocenters. The Morgan fingerprint density at radius 3 is 2.60 bits per heavy atom. The average Bonchev–Trinajstić information content (AvgIpc) is 2.67. The lowest BCUT2D eigenvalue weighted by Crippen LogP contribution is -2.16. The molecule has 0 N–H and O–H groups in total. The molecule has 1 rings (SSSR count). The van der Waals surface area contributed by atoms with Crippen molar-refractivity contribution in [3.8, 4) is 0 Å². The SMILES string of the molecule is CCOC(=O)C1=CCC(C(=O)OCC)C1. The summed E-state index contributed by atoms with van der Waals surface area (Å²) in [5, 5.41) is 0. The molecule has 84 valence electrons. The lowest BCUT2D eigenvalue weighted by atomic mass is 10.1. The van der Waals surface area contributed by atoms with E-state index in [0.717, 1.165) is 0 Å². The largest absolute Gasteiger partial charge is 0.466 e. The molecule has 0 aromatic rings. The molecule has 0 spiro atoms. The fourth-order valence-corrected chi connectivity index (χ4v) is 1.55. The van der Waals surface area contributed by atoms with Crippen molar-refractivity contribution in [1.82, 2.24) is 0 Å². The summed E-state index contributed by atoms with van der Waals surface area (Å²) in [6.07, 6.45) is 2.78. The van der Waals surface area contributed by atoms with Crippen molar-refractivity contribution in [2.75, 3.05) is 13.2 Å². The monoisotopic (exact) mass is 212 g/mol. The standard InChI is InChI=1S/C11H16O4/c1-3-14-10(12)8-5-6-9(7-8)11(13)15-4-2/h5,9H,3-4,6-7H2,1-2H3. The van der Waals surface area contributed by atoms with E-state index < -0.39 is 0 Å². The molecule has 0 saturated heterocycles. The number of esters is 2. The van der Waals surface area contributed by atoms with Crippen LogP contribution in [0.5, 0.6) is 0 Å². The molecule has 0 aliphatic heterocycles. The van der Waals surface area contributed by atoms with Gasteiger partial charge in [-0.25, -0.2) is 4.79 Å². The molecular weight excluding hydrogens is 196 g/mol. The molecule has 0 amide bonds. The van der Waals surface area contributed by atoms with Gasteiger partial charge >= 0.3 is 11.9 Å². The predicted molar refractivity (Wildman–Crippen MR) is 54.1 cm³/mol. The first-order valence-corrected chi connectivity index (χ1v) is 5.21. The smallest absolute Gasteiger partial charge is 0.333 e. The van der Waals surface area contributed by atoms with Crippen LogP contribution in [-0.2, 0) is 19.1 Å². The van der Waals surface area contributed by atoms with Crippen LogP contribution in [0.4, 0.5) is 0 Å². The zero-order valence-corrected chi connectivity index (χ0v) is 9.12. The number of carbonyl (C=O) groups is 2. The van der Waals surface area contributed by atoms with Crippen LogP contribution >= 0.6 is 0 Å². The van der Waals surface area contributed by atoms with Crippen molar-refractivity contribution < 1.29 is 19.1 Å². The number of ether oxygens (including phenoxy) is 2. The lowest BCUT2D eigenvalue weighted by molar-refractivity contribution is -0.147. The lowest BCUT2D eigenvalue weighted by Gasteiger charge is -2.08. The maximum absolute atomic E-state index is 11.4. The Hall–Kier alpha value is -1.32. The van der Waals surface area contributed by atoms with E-state index >= 15 is 0 Å². The van der Waals surface area contributed by atoms with Crippen LogP contribution in [0, 0.1) is 5.92 Å². The van der Waals surface area contributed by atoms with Gasteiger partial charge in [0.25, 0.3) is 0 Å². The first-order valence-electron chi connectivity index (χ1n) is 5.21. The van der Waals surface area contributed by atoms with Crippen molar-refractivity contribution in [1.29, 1.82) is 0 Å². The van der Waals surface area contributed by atoms with Crippen LogP contribution in [-0.4, -0.2) is 25.2 Å². The maximum atomic E-state index is 11.4. The van der Waals surface area contributed by atoms with Crippen LogP contribution in [0.1, 0.15) is 26.7 Å². The minimum Gasteiger partial charge on any atom is -0.466 e. The summed E-state index contributed by atoms with van der Waals surface area (Å²) in [6, 6.07) is 0. The second kappa shape index (κ2) is 5.53. The molecule has 4 heteroatoms. The van der Waals surface area contributed by atoms with E-state index in [0.29, 0.717) is 31.6 Å². The van der Waals surface area contributed by atoms with Crippen LogP contribution in [0.25, 0.3) is 0 Å². The highest BCUT2D eigenvalue weighted by Crippen LogP contribution is 2.26. The Morgan fingerprint density at radius 1 is 1.33 bits per heavy atom. The van der Waals surface area contributed by atoms with Crippen molar-refractivity contribution >= 4 is 11.9 Å². The van der Waals surface area contributed by atoms with Gasteiger partial charge in [-0.3, -0.25) is 4.79 Å². The minimum absolute atomic E-state index is 0.204. The molecule has 0 fully saturated rings. The van der Waals surface area contributed by atoms with Crippen molar-refractivity contribution in [3.05, 3.63) is 11.6 Å². The van der Waals surface area contributed by atoms with Gasteiger partial charge in [0.2, 0.25) is 0 Å². The zero-order valence-electron chi connectivity index (χ0n) is 9.12. The van der Waals surface area contributed by atoms with E-state index in [-0.39, 0.29) is 17.9 Å². The minimum atomic E-state index is -0.315. The number of carbonyl (C=O) groups excluding carboxylic acids is 2. The molecular formula is C11H16O4. The van der Waals surface area contributed by atoms with Gasteiger partial charge in [-0.1, -0.05) is 6.08 Å². The molecule has 1 unspecified atom stereocenters. The molecule has 0 heterocycles. The summed E-state index contributed by atoms with van der Waals surface area (Å²) in [7, 11) is 0. The molecule has 0 saturated carbocycles. The molecule has 4 nitrogen and oxygen atoms in total. The number of hydrogen-bond donors (Lipinski definition) is 0. The summed E-state index contributed by atoms with van der Waals surface area (Å²) in [5.74, 6) is -0.748. The molecule has 0 aromatic heterocycles. The van der Waals surface area contributed by atoms with Crippen LogP contribution < -0.4 is 0 Å². The molecule has 15 heavy (non-hydrogen) atoms. The molecule has 0 aromatic carbocycles. The first-order chi connectivity index (χ1) is 7.19. The Labute approximate surface area is 89.2 Å². The average molecular weight is 212 g/mol. The Kier molecular flexibility index (Phi) is 4.34. The molecule has 1 aliphatic rings. The second-order valence-corrected chi connectivity index (χ2v) is 3.34. The van der Waals surface area contributed by atoms with E-state index in [1.807, 2.05) is 0 Å². The predicted octanol–water partition coefficient (Wildman–Crippen LogP) is 1.45. The Morgan fingerprint density at radius 2 is 2.00 bits per heavy atom. The fraction of sp³-hybridized carbons (Fsp3) is 0.636. The third-order valence-corrected chi connectivity index (χ3v) is 2.27. The summed E-state index contributed by atoms with van der Waals surface area (Å²) in [5.41, 5.74) is 0.593. The number of allylic oxidation sites excluding steroid dienone is 1. The van der Waals surface area contributed by atoms with E-state index in [1.165, 1.54) is 0 Å². The van der Waals surface area contributed by atoms with Gasteiger partial charge in [-0.15, -0.1) is 0 Å². The van der Waals surface area contributed by atoms with E-state index in [1.54, 1.807) is 19.9 Å². The van der Waals surface area contributed by atoms with Gasteiger partial charge in [0.15, 0.2) is 0 Å². The number of rotatable bonds is 4. The normalized spacial score (nSPS) is 19.6. The van der Waals surface area contributed by atoms with Crippen molar-refractivity contribution in [2.24, 2.45) is 5.92 Å². The summed E-state index contributed by atoms with van der Waals surface area (Å²) >= 11 is 0. The van der Waals surface area contributed by atoms with E-state index in [2.05, 4.69) is 0 Å². The topological polar surface area (TPSA) is 52.6 Å². The summed E-state index contributed by atoms with van der Waals surface area (Å²) in [6.45, 7) is 4.27. The third-order valence-electron chi connectivity index (χ3n) is 2.27. The van der Waals surface area contributed by atoms with Crippen molar-refractivity contribution in [2.45, 2.75) is 26.7 Å². The molecule has 1 aliphatic carbocycles. The van der Waals surface area contributed by atoms with E-state index in [9.17, 15) is 9.59 Å². The van der Waals surface area contributed by atoms with Gasteiger partial charge in [-0.2, -0.15) is 0 Å². The number of hydrogen-bond acceptors (Lipinski definition) is 4. The van der Waals surface area contributed by atoms with Gasteiger partial charge in [0.1, 0.15) is 0 Å².